The van der Waals surface area contributed by atoms with E-state index in [2.05, 4.69) is 26.1 Å². The van der Waals surface area contributed by atoms with E-state index in [4.69, 9.17) is 4.74 Å². The van der Waals surface area contributed by atoms with Crippen LogP contribution in [0.3, 0.4) is 0 Å². The van der Waals surface area contributed by atoms with Gasteiger partial charge in [-0.3, -0.25) is 4.79 Å². The monoisotopic (exact) mass is 595 g/mol. The molecule has 0 heterocycles. The molecular formula is C35H40F3NO4. The lowest BCUT2D eigenvalue weighted by molar-refractivity contribution is -0.150. The minimum absolute atomic E-state index is 0.0255. The van der Waals surface area contributed by atoms with E-state index in [0.29, 0.717) is 17.4 Å². The topological polar surface area (TPSA) is 75.6 Å². The lowest BCUT2D eigenvalue weighted by atomic mass is 9.46. The zero-order valence-corrected chi connectivity index (χ0v) is 25.0. The Morgan fingerprint density at radius 1 is 0.953 bits per heavy atom. The molecule has 2 N–H and O–H groups in total. The van der Waals surface area contributed by atoms with Crippen LogP contribution in [0.1, 0.15) is 93.6 Å². The molecule has 0 radical (unpaired) electrons. The fraction of sp³-hybridized carbons (Fsp3) is 0.486. The summed E-state index contributed by atoms with van der Waals surface area (Å²) in [5, 5.41) is 15.0. The fourth-order valence-corrected chi connectivity index (χ4v) is 8.44. The summed E-state index contributed by atoms with van der Waals surface area (Å²) in [6, 6.07) is 14.4. The molecule has 0 aliphatic heterocycles. The van der Waals surface area contributed by atoms with Gasteiger partial charge in [-0.1, -0.05) is 76.1 Å². The zero-order chi connectivity index (χ0) is 31.0. The summed E-state index contributed by atoms with van der Waals surface area (Å²) >= 11 is 0. The number of fused-ring (bicyclic) bond motifs is 3. The number of ether oxygens (including phenoxy) is 1. The Bertz CT molecular complexity index is 1480. The maximum absolute atomic E-state index is 14.0. The second-order valence-electron chi connectivity index (χ2n) is 13.5. The average Bonchev–Trinajstić information content (AvgIpc) is 2.93. The van der Waals surface area contributed by atoms with Gasteiger partial charge in [0.2, 0.25) is 0 Å². The molecule has 2 bridgehead atoms. The van der Waals surface area contributed by atoms with Crippen LogP contribution in [0.25, 0.3) is 10.8 Å². The number of nitrogens with one attached hydrogen (secondary N) is 1. The lowest BCUT2D eigenvalue weighted by Crippen LogP contribution is -2.59. The summed E-state index contributed by atoms with van der Waals surface area (Å²) in [7, 11) is 0. The van der Waals surface area contributed by atoms with Crippen LogP contribution in [0, 0.1) is 16.2 Å². The van der Waals surface area contributed by atoms with E-state index in [9.17, 15) is 27.9 Å². The van der Waals surface area contributed by atoms with Gasteiger partial charge in [0.05, 0.1) is 11.1 Å². The summed E-state index contributed by atoms with van der Waals surface area (Å²) in [6.45, 7) is 6.54. The molecule has 2 aliphatic carbocycles. The number of carbonyl (C=O) groups is 2. The standard InChI is InChI=1S/C35H40F3NO4/c1-4-16-34(21-32(2)17-7-18-33(3,20-32)22-34)29(31(41)42)39-30(40)27-15-12-24-8-5-6-9-26(24)28(27)43-19-23-10-13-25(14-11-23)35(36,37)38/h5-6,8-15,29H,4,7,16-22H2,1-3H3,(H,39,40)(H,41,42)/t29-,32?,33?,34?/m1/s1. The Hall–Kier alpha value is -3.55. The zero-order valence-electron chi connectivity index (χ0n) is 25.0. The van der Waals surface area contributed by atoms with Crippen LogP contribution in [-0.2, 0) is 17.6 Å². The number of halogens is 3. The molecular weight excluding hydrogens is 555 g/mol. The van der Waals surface area contributed by atoms with Crippen LogP contribution >= 0.6 is 0 Å². The van der Waals surface area contributed by atoms with E-state index in [1.54, 1.807) is 12.1 Å². The van der Waals surface area contributed by atoms with Gasteiger partial charge in [0.25, 0.3) is 5.91 Å². The van der Waals surface area contributed by atoms with E-state index in [0.717, 1.165) is 62.5 Å². The van der Waals surface area contributed by atoms with Gasteiger partial charge in [0.1, 0.15) is 18.4 Å². The lowest BCUT2D eigenvalue weighted by Gasteiger charge is -2.59. The van der Waals surface area contributed by atoms with Crippen LogP contribution < -0.4 is 10.1 Å². The maximum atomic E-state index is 14.0. The van der Waals surface area contributed by atoms with Gasteiger partial charge in [-0.15, -0.1) is 0 Å². The fourth-order valence-electron chi connectivity index (χ4n) is 8.44. The Labute approximate surface area is 250 Å². The van der Waals surface area contributed by atoms with Crippen molar-refractivity contribution in [1.29, 1.82) is 0 Å². The molecule has 2 fully saturated rings. The van der Waals surface area contributed by atoms with Crippen molar-refractivity contribution in [2.75, 3.05) is 0 Å². The second kappa shape index (κ2) is 11.5. The predicted molar refractivity (Wildman–Crippen MR) is 160 cm³/mol. The Morgan fingerprint density at radius 2 is 1.60 bits per heavy atom. The Kier molecular flexibility index (Phi) is 8.27. The second-order valence-corrected chi connectivity index (χ2v) is 13.5. The highest BCUT2D eigenvalue weighted by atomic mass is 19.4. The van der Waals surface area contributed by atoms with Gasteiger partial charge < -0.3 is 15.2 Å². The third kappa shape index (κ3) is 6.38. The molecule has 2 saturated carbocycles. The summed E-state index contributed by atoms with van der Waals surface area (Å²) in [5.74, 6) is -1.31. The number of hydrogen-bond donors (Lipinski definition) is 2. The molecule has 8 heteroatoms. The third-order valence-corrected chi connectivity index (χ3v) is 9.64. The van der Waals surface area contributed by atoms with Crippen LogP contribution in [0.4, 0.5) is 13.2 Å². The highest BCUT2D eigenvalue weighted by Crippen LogP contribution is 2.63. The minimum Gasteiger partial charge on any atom is -0.487 e. The number of hydrogen-bond acceptors (Lipinski definition) is 3. The maximum Gasteiger partial charge on any atom is 0.416 e. The SMILES string of the molecule is CCCC1([C@H](NC(=O)c2ccc3ccccc3c2OCc2ccc(C(F)(F)F)cc2)C(=O)O)CC2(C)CCCC(C)(C2)C1. The molecule has 5 nitrogen and oxygen atoms in total. The van der Waals surface area contributed by atoms with E-state index >= 15 is 0 Å². The molecule has 0 saturated heterocycles. The van der Waals surface area contributed by atoms with E-state index in [1.807, 2.05) is 24.3 Å². The minimum atomic E-state index is -4.44. The van der Waals surface area contributed by atoms with Crippen LogP contribution in [-0.4, -0.2) is 23.0 Å². The molecule has 0 spiro atoms. The molecule has 3 atom stereocenters. The van der Waals surface area contributed by atoms with Crippen LogP contribution in [0.2, 0.25) is 0 Å². The van der Waals surface area contributed by atoms with Gasteiger partial charge in [-0.25, -0.2) is 4.79 Å². The molecule has 3 aromatic rings. The van der Waals surface area contributed by atoms with Gasteiger partial charge in [-0.05, 0) is 78.5 Å². The van der Waals surface area contributed by atoms with Crippen molar-refractivity contribution >= 4 is 22.6 Å². The van der Waals surface area contributed by atoms with Crippen molar-refractivity contribution in [3.63, 3.8) is 0 Å². The average molecular weight is 596 g/mol. The number of benzene rings is 3. The first-order valence-corrected chi connectivity index (χ1v) is 15.1. The Morgan fingerprint density at radius 3 is 2.21 bits per heavy atom. The molecule has 230 valence electrons. The van der Waals surface area contributed by atoms with Crippen molar-refractivity contribution in [2.45, 2.75) is 91.0 Å². The van der Waals surface area contributed by atoms with E-state index < -0.39 is 35.1 Å². The molecule has 0 aromatic heterocycles. The van der Waals surface area contributed by atoms with Gasteiger partial charge in [0.15, 0.2) is 0 Å². The summed E-state index contributed by atoms with van der Waals surface area (Å²) in [4.78, 5) is 27.0. The molecule has 2 unspecified atom stereocenters. The first-order valence-electron chi connectivity index (χ1n) is 15.1. The van der Waals surface area contributed by atoms with E-state index in [1.165, 1.54) is 12.1 Å². The van der Waals surface area contributed by atoms with Crippen molar-refractivity contribution in [2.24, 2.45) is 16.2 Å². The number of amides is 1. The molecule has 3 aromatic carbocycles. The number of aliphatic carboxylic acids is 1. The Balaban J connectivity index is 1.47. The summed E-state index contributed by atoms with van der Waals surface area (Å²) < 4.78 is 45.3. The first kappa shape index (κ1) is 30.9. The van der Waals surface area contributed by atoms with Gasteiger partial charge in [0, 0.05) is 10.8 Å². The number of alkyl halides is 3. The summed E-state index contributed by atoms with van der Waals surface area (Å²) in [6.07, 6.45) is 2.87. The van der Waals surface area contributed by atoms with Gasteiger partial charge >= 0.3 is 12.1 Å². The van der Waals surface area contributed by atoms with Gasteiger partial charge in [-0.2, -0.15) is 13.2 Å². The number of rotatable bonds is 9. The first-order chi connectivity index (χ1) is 20.3. The molecule has 43 heavy (non-hydrogen) atoms. The number of carboxylic acids is 1. The predicted octanol–water partition coefficient (Wildman–Crippen LogP) is 8.79. The largest absolute Gasteiger partial charge is 0.487 e. The van der Waals surface area contributed by atoms with Crippen LogP contribution in [0.15, 0.2) is 60.7 Å². The molecule has 2 aliphatic rings. The van der Waals surface area contributed by atoms with Crippen molar-refractivity contribution < 1.29 is 32.6 Å². The molecule has 5 rings (SSSR count). The molecule has 1 amide bonds. The highest BCUT2D eigenvalue weighted by molar-refractivity contribution is 6.05. The van der Waals surface area contributed by atoms with Crippen molar-refractivity contribution in [1.82, 2.24) is 5.32 Å². The quantitative estimate of drug-likeness (QED) is 0.259. The highest BCUT2D eigenvalue weighted by Gasteiger charge is 2.57. The number of carbonyl (C=O) groups excluding carboxylic acids is 1. The third-order valence-electron chi connectivity index (χ3n) is 9.64. The van der Waals surface area contributed by atoms with Crippen molar-refractivity contribution in [3.8, 4) is 5.75 Å². The van der Waals surface area contributed by atoms with Crippen molar-refractivity contribution in [3.05, 3.63) is 77.4 Å². The summed E-state index contributed by atoms with van der Waals surface area (Å²) in [5.41, 5.74) is -0.590. The van der Waals surface area contributed by atoms with E-state index in [-0.39, 0.29) is 28.7 Å². The van der Waals surface area contributed by atoms with Crippen LogP contribution in [0.5, 0.6) is 5.75 Å². The number of carboxylic acid groups (broad SMARTS) is 1. The smallest absolute Gasteiger partial charge is 0.416 e. The normalized spacial score (nSPS) is 26.1.